The first-order valence-electron chi connectivity index (χ1n) is 13.0. The molecular formula is C29H46O3. The molecule has 1 aromatic heterocycles. The van der Waals surface area contributed by atoms with Gasteiger partial charge in [0.1, 0.15) is 5.75 Å². The van der Waals surface area contributed by atoms with Crippen molar-refractivity contribution in [2.75, 3.05) is 0 Å². The molecule has 1 heterocycles. The Labute approximate surface area is 196 Å². The number of hydrogen-bond donors (Lipinski definition) is 1. The van der Waals surface area contributed by atoms with E-state index in [9.17, 15) is 9.90 Å². The summed E-state index contributed by atoms with van der Waals surface area (Å²) in [7, 11) is 0. The molecule has 2 aromatic rings. The maximum atomic E-state index is 10.1. The minimum Gasteiger partial charge on any atom is -0.508 e. The van der Waals surface area contributed by atoms with Crippen molar-refractivity contribution >= 4 is 6.29 Å². The summed E-state index contributed by atoms with van der Waals surface area (Å²) in [6.45, 7) is 4.54. The van der Waals surface area contributed by atoms with Crippen molar-refractivity contribution < 1.29 is 14.3 Å². The van der Waals surface area contributed by atoms with Gasteiger partial charge in [0.2, 0.25) is 0 Å². The number of carbonyl (C=O) groups excluding carboxylic acids is 1. The largest absolute Gasteiger partial charge is 0.508 e. The minimum atomic E-state index is 0.375. The van der Waals surface area contributed by atoms with Gasteiger partial charge in [0, 0.05) is 0 Å². The van der Waals surface area contributed by atoms with Crippen LogP contribution in [0.3, 0.4) is 0 Å². The van der Waals surface area contributed by atoms with Crippen molar-refractivity contribution in [1.29, 1.82) is 0 Å². The first-order chi connectivity index (χ1) is 15.7. The summed E-state index contributed by atoms with van der Waals surface area (Å²) >= 11 is 0. The number of phenols is 1. The SMILES string of the molecule is CCCCCCCCCc1ccc(O)c(CCCCCCCCC)c1.O=Cc1ccco1. The Hall–Kier alpha value is -2.03. The Morgan fingerprint density at radius 2 is 1.31 bits per heavy atom. The molecule has 0 saturated heterocycles. The van der Waals surface area contributed by atoms with Gasteiger partial charge in [-0.05, 0) is 55.0 Å². The molecule has 0 aliphatic heterocycles. The Morgan fingerprint density at radius 1 is 0.750 bits per heavy atom. The van der Waals surface area contributed by atoms with E-state index in [0.717, 1.165) is 18.4 Å². The zero-order valence-electron chi connectivity index (χ0n) is 20.6. The van der Waals surface area contributed by atoms with E-state index in [4.69, 9.17) is 0 Å². The lowest BCUT2D eigenvalue weighted by Gasteiger charge is -2.08. The van der Waals surface area contributed by atoms with Gasteiger partial charge >= 0.3 is 0 Å². The second kappa shape index (κ2) is 19.6. The molecule has 180 valence electrons. The predicted molar refractivity (Wildman–Crippen MR) is 136 cm³/mol. The number of carbonyl (C=O) groups is 1. The Balaban J connectivity index is 0.000000616. The molecule has 0 spiro atoms. The van der Waals surface area contributed by atoms with Crippen LogP contribution in [0.4, 0.5) is 0 Å². The average Bonchev–Trinajstić information content (AvgIpc) is 3.34. The van der Waals surface area contributed by atoms with Crippen molar-refractivity contribution in [1.82, 2.24) is 0 Å². The number of phenolic OH excluding ortho intramolecular Hbond substituents is 1. The monoisotopic (exact) mass is 442 g/mol. The number of furan rings is 1. The number of unbranched alkanes of at least 4 members (excludes halogenated alkanes) is 12. The fourth-order valence-corrected chi connectivity index (χ4v) is 3.91. The second-order valence-electron chi connectivity index (χ2n) is 8.84. The molecule has 0 aliphatic rings. The van der Waals surface area contributed by atoms with Gasteiger partial charge in [-0.25, -0.2) is 0 Å². The fraction of sp³-hybridized carbons (Fsp3) is 0.621. The van der Waals surface area contributed by atoms with E-state index >= 15 is 0 Å². The van der Waals surface area contributed by atoms with Crippen LogP contribution in [0.1, 0.15) is 125 Å². The molecule has 0 radical (unpaired) electrons. The van der Waals surface area contributed by atoms with E-state index in [1.807, 2.05) is 6.07 Å². The van der Waals surface area contributed by atoms with Gasteiger partial charge in [0.25, 0.3) is 0 Å². The number of benzene rings is 1. The quantitative estimate of drug-likeness (QED) is 0.196. The van der Waals surface area contributed by atoms with Crippen LogP contribution in [0.25, 0.3) is 0 Å². The normalized spacial score (nSPS) is 10.6. The molecule has 0 atom stereocenters. The Kier molecular flexibility index (Phi) is 17.2. The summed E-state index contributed by atoms with van der Waals surface area (Å²) in [6, 6.07) is 9.55. The first kappa shape index (κ1) is 28.0. The standard InChI is InChI=1S/C24H42O.C5H4O2/c1-3-5-7-9-11-13-15-17-22-19-20-24(25)23(21-22)18-16-14-12-10-8-6-4-2;6-4-5-2-1-3-7-5/h19-21,25H,3-18H2,1-2H3;1-4H. The number of rotatable bonds is 17. The number of aryl methyl sites for hydroxylation is 2. The van der Waals surface area contributed by atoms with Crippen LogP contribution < -0.4 is 0 Å². The van der Waals surface area contributed by atoms with E-state index in [0.29, 0.717) is 17.8 Å². The molecule has 3 heteroatoms. The van der Waals surface area contributed by atoms with E-state index in [-0.39, 0.29) is 0 Å². The highest BCUT2D eigenvalue weighted by Gasteiger charge is 2.03. The molecule has 0 unspecified atom stereocenters. The Morgan fingerprint density at radius 3 is 1.81 bits per heavy atom. The molecule has 0 amide bonds. The Bertz CT molecular complexity index is 676. The van der Waals surface area contributed by atoms with Crippen LogP contribution in [-0.2, 0) is 12.8 Å². The van der Waals surface area contributed by atoms with Gasteiger partial charge in [0.05, 0.1) is 6.26 Å². The summed E-state index contributed by atoms with van der Waals surface area (Å²) < 4.78 is 4.61. The van der Waals surface area contributed by atoms with E-state index in [1.165, 1.54) is 102 Å². The molecule has 0 fully saturated rings. The molecule has 0 saturated carbocycles. The van der Waals surface area contributed by atoms with Crippen molar-refractivity contribution in [3.8, 4) is 5.75 Å². The molecule has 32 heavy (non-hydrogen) atoms. The summed E-state index contributed by atoms with van der Waals surface area (Å²) in [6.07, 6.45) is 23.2. The van der Waals surface area contributed by atoms with Gasteiger partial charge in [-0.1, -0.05) is 103 Å². The highest BCUT2D eigenvalue weighted by molar-refractivity contribution is 5.69. The molecule has 0 bridgehead atoms. The third-order valence-electron chi connectivity index (χ3n) is 5.92. The van der Waals surface area contributed by atoms with E-state index < -0.39 is 0 Å². The minimum absolute atomic E-state index is 0.375. The van der Waals surface area contributed by atoms with Gasteiger partial charge in [-0.2, -0.15) is 0 Å². The van der Waals surface area contributed by atoms with Crippen LogP contribution >= 0.6 is 0 Å². The lowest BCUT2D eigenvalue weighted by molar-refractivity contribution is 0.110. The van der Waals surface area contributed by atoms with E-state index in [1.54, 1.807) is 12.1 Å². The molecule has 3 nitrogen and oxygen atoms in total. The summed E-state index contributed by atoms with van der Waals surface area (Å²) in [5, 5.41) is 10.1. The fourth-order valence-electron chi connectivity index (χ4n) is 3.91. The van der Waals surface area contributed by atoms with Crippen molar-refractivity contribution in [2.24, 2.45) is 0 Å². The predicted octanol–water partition coefficient (Wildman–Crippen LogP) is 9.07. The summed E-state index contributed by atoms with van der Waals surface area (Å²) in [5.74, 6) is 0.870. The van der Waals surface area contributed by atoms with Crippen molar-refractivity contribution in [3.63, 3.8) is 0 Å². The van der Waals surface area contributed by atoms with Gasteiger partial charge in [0.15, 0.2) is 12.0 Å². The topological polar surface area (TPSA) is 50.4 Å². The average molecular weight is 443 g/mol. The zero-order valence-corrected chi connectivity index (χ0v) is 20.6. The van der Waals surface area contributed by atoms with Crippen LogP contribution in [0, 0.1) is 0 Å². The van der Waals surface area contributed by atoms with Crippen LogP contribution in [0.5, 0.6) is 5.75 Å². The second-order valence-corrected chi connectivity index (χ2v) is 8.84. The molecular weight excluding hydrogens is 396 g/mol. The van der Waals surface area contributed by atoms with Crippen LogP contribution in [0.15, 0.2) is 41.0 Å². The van der Waals surface area contributed by atoms with Gasteiger partial charge in [-0.15, -0.1) is 0 Å². The van der Waals surface area contributed by atoms with Crippen LogP contribution in [-0.4, -0.2) is 11.4 Å². The number of aldehydes is 1. The lowest BCUT2D eigenvalue weighted by Crippen LogP contribution is -1.92. The summed E-state index contributed by atoms with van der Waals surface area (Å²) in [4.78, 5) is 9.77. The van der Waals surface area contributed by atoms with Gasteiger partial charge in [-0.3, -0.25) is 4.79 Å². The summed E-state index contributed by atoms with van der Waals surface area (Å²) in [5.41, 5.74) is 2.57. The third kappa shape index (κ3) is 14.1. The lowest BCUT2D eigenvalue weighted by atomic mass is 9.99. The van der Waals surface area contributed by atoms with Gasteiger partial charge < -0.3 is 9.52 Å². The van der Waals surface area contributed by atoms with Crippen LogP contribution in [0.2, 0.25) is 0 Å². The number of aromatic hydroxyl groups is 1. The van der Waals surface area contributed by atoms with Crippen molar-refractivity contribution in [3.05, 3.63) is 53.5 Å². The maximum Gasteiger partial charge on any atom is 0.185 e. The smallest absolute Gasteiger partial charge is 0.185 e. The molecule has 1 N–H and O–H groups in total. The molecule has 0 aliphatic carbocycles. The first-order valence-corrected chi connectivity index (χ1v) is 13.0. The maximum absolute atomic E-state index is 10.1. The van der Waals surface area contributed by atoms with Crippen molar-refractivity contribution in [2.45, 2.75) is 117 Å². The molecule has 1 aromatic carbocycles. The molecule has 2 rings (SSSR count). The highest BCUT2D eigenvalue weighted by atomic mass is 16.3. The van der Waals surface area contributed by atoms with E-state index in [2.05, 4.69) is 30.4 Å². The third-order valence-corrected chi connectivity index (χ3v) is 5.92. The highest BCUT2D eigenvalue weighted by Crippen LogP contribution is 2.22. The number of hydrogen-bond acceptors (Lipinski definition) is 3. The zero-order chi connectivity index (χ0) is 23.3.